The highest BCUT2D eigenvalue weighted by atomic mass is 16.5. The number of hydrogen-bond acceptors (Lipinski definition) is 4. The van der Waals surface area contributed by atoms with Gasteiger partial charge in [-0.3, -0.25) is 4.79 Å². The summed E-state index contributed by atoms with van der Waals surface area (Å²) in [5, 5.41) is 12.8. The third kappa shape index (κ3) is 5.88. The first-order chi connectivity index (χ1) is 14.0. The van der Waals surface area contributed by atoms with Crippen molar-refractivity contribution in [3.05, 3.63) is 78.1 Å². The van der Waals surface area contributed by atoms with E-state index in [9.17, 15) is 9.90 Å². The van der Waals surface area contributed by atoms with Crippen molar-refractivity contribution in [2.45, 2.75) is 19.4 Å². The van der Waals surface area contributed by atoms with Gasteiger partial charge in [0, 0.05) is 12.0 Å². The second-order valence-electron chi connectivity index (χ2n) is 7.22. The first-order valence-electron chi connectivity index (χ1n) is 9.77. The van der Waals surface area contributed by atoms with Crippen LogP contribution in [0.2, 0.25) is 0 Å². The Balaban J connectivity index is 1.55. The zero-order valence-electron chi connectivity index (χ0n) is 16.7. The monoisotopic (exact) mass is 393 g/mol. The van der Waals surface area contributed by atoms with E-state index in [1.807, 2.05) is 30.4 Å². The molecule has 0 radical (unpaired) electrons. The molecule has 29 heavy (non-hydrogen) atoms. The van der Waals surface area contributed by atoms with Crippen LogP contribution in [0.5, 0.6) is 11.5 Å². The number of methoxy groups -OCH3 is 1. The Bertz CT molecular complexity index is 879. The van der Waals surface area contributed by atoms with Gasteiger partial charge in [-0.05, 0) is 48.3 Å². The summed E-state index contributed by atoms with van der Waals surface area (Å²) in [4.78, 5) is 12.4. The summed E-state index contributed by atoms with van der Waals surface area (Å²) in [6.45, 7) is 2.66. The van der Waals surface area contributed by atoms with E-state index in [2.05, 4.69) is 24.4 Å². The van der Waals surface area contributed by atoms with Crippen molar-refractivity contribution in [3.63, 3.8) is 0 Å². The fraction of sp³-hybridized carbons (Fsp3) is 0.292. The number of ether oxygens (including phenoxy) is 2. The molecule has 0 spiro atoms. The summed E-state index contributed by atoms with van der Waals surface area (Å²) in [6, 6.07) is 4.83. The van der Waals surface area contributed by atoms with Gasteiger partial charge in [0.05, 0.1) is 19.8 Å². The van der Waals surface area contributed by atoms with Gasteiger partial charge in [0.15, 0.2) is 11.5 Å². The molecule has 1 aromatic rings. The molecular formula is C24H27NO4. The van der Waals surface area contributed by atoms with Gasteiger partial charge in [0.2, 0.25) is 5.91 Å². The molecule has 0 saturated carbocycles. The molecule has 3 atom stereocenters. The van der Waals surface area contributed by atoms with Gasteiger partial charge in [-0.1, -0.05) is 43.4 Å². The third-order valence-electron chi connectivity index (χ3n) is 4.91. The molecule has 0 bridgehead atoms. The number of carbonyl (C=O) groups excluding carboxylic acids is 1. The van der Waals surface area contributed by atoms with Crippen molar-refractivity contribution in [1.82, 2.24) is 5.32 Å². The van der Waals surface area contributed by atoms with E-state index < -0.39 is 0 Å². The van der Waals surface area contributed by atoms with Crippen molar-refractivity contribution in [3.8, 4) is 11.5 Å². The number of rotatable bonds is 7. The highest BCUT2D eigenvalue weighted by molar-refractivity contribution is 5.92. The Morgan fingerprint density at radius 2 is 2.10 bits per heavy atom. The first kappa shape index (κ1) is 20.5. The Morgan fingerprint density at radius 3 is 2.83 bits per heavy atom. The zero-order valence-corrected chi connectivity index (χ0v) is 16.7. The van der Waals surface area contributed by atoms with Gasteiger partial charge in [-0.2, -0.15) is 0 Å². The summed E-state index contributed by atoms with van der Waals surface area (Å²) in [7, 11) is 1.49. The lowest BCUT2D eigenvalue weighted by atomic mass is 9.95. The summed E-state index contributed by atoms with van der Waals surface area (Å²) in [6.07, 6.45) is 18.3. The second-order valence-corrected chi connectivity index (χ2v) is 7.22. The Labute approximate surface area is 171 Å². The molecule has 0 saturated heterocycles. The molecule has 152 valence electrons. The molecule has 1 aromatic carbocycles. The lowest BCUT2D eigenvalue weighted by Crippen LogP contribution is -2.40. The summed E-state index contributed by atoms with van der Waals surface area (Å²) in [5.41, 5.74) is 0.711. The number of hydrogen-bond donors (Lipinski definition) is 2. The van der Waals surface area contributed by atoms with Crippen LogP contribution in [0.1, 0.15) is 18.9 Å². The maximum absolute atomic E-state index is 12.4. The van der Waals surface area contributed by atoms with E-state index in [0.717, 1.165) is 12.2 Å². The maximum Gasteiger partial charge on any atom is 0.244 e. The van der Waals surface area contributed by atoms with Crippen LogP contribution in [-0.4, -0.2) is 30.8 Å². The van der Waals surface area contributed by atoms with E-state index in [0.29, 0.717) is 23.8 Å². The van der Waals surface area contributed by atoms with E-state index in [-0.39, 0.29) is 23.6 Å². The van der Waals surface area contributed by atoms with Crippen molar-refractivity contribution >= 4 is 12.0 Å². The molecule has 3 rings (SSSR count). The van der Waals surface area contributed by atoms with Crippen LogP contribution in [-0.2, 0) is 9.53 Å². The van der Waals surface area contributed by atoms with Gasteiger partial charge in [-0.25, -0.2) is 0 Å². The number of phenols is 1. The highest BCUT2D eigenvalue weighted by Gasteiger charge is 2.21. The average molecular weight is 393 g/mol. The number of amides is 1. The Morgan fingerprint density at radius 1 is 1.28 bits per heavy atom. The van der Waals surface area contributed by atoms with Gasteiger partial charge in [-0.15, -0.1) is 0 Å². The summed E-state index contributed by atoms with van der Waals surface area (Å²) in [5.74, 6) is 1.71. The normalized spacial score (nSPS) is 23.1. The zero-order chi connectivity index (χ0) is 20.6. The largest absolute Gasteiger partial charge is 0.504 e. The lowest BCUT2D eigenvalue weighted by Gasteiger charge is -2.25. The molecular weight excluding hydrogens is 366 g/mol. The Hall–Kier alpha value is -3.21. The first-order valence-corrected chi connectivity index (χ1v) is 9.77. The molecule has 0 aromatic heterocycles. The minimum absolute atomic E-state index is 0.0353. The molecule has 5 nitrogen and oxygen atoms in total. The molecule has 2 aliphatic carbocycles. The highest BCUT2D eigenvalue weighted by Crippen LogP contribution is 2.26. The van der Waals surface area contributed by atoms with E-state index >= 15 is 0 Å². The smallest absolute Gasteiger partial charge is 0.244 e. The quantitative estimate of drug-likeness (QED) is 0.684. The van der Waals surface area contributed by atoms with Gasteiger partial charge in [0.25, 0.3) is 0 Å². The fourth-order valence-electron chi connectivity index (χ4n) is 3.17. The van der Waals surface area contributed by atoms with Gasteiger partial charge in [0.1, 0.15) is 5.76 Å². The van der Waals surface area contributed by atoms with Crippen LogP contribution in [0.25, 0.3) is 6.08 Å². The van der Waals surface area contributed by atoms with E-state index in [1.165, 1.54) is 13.2 Å². The lowest BCUT2D eigenvalue weighted by molar-refractivity contribution is -0.117. The number of phenolic OH excluding ortho intramolecular Hbond substituents is 1. The van der Waals surface area contributed by atoms with E-state index in [1.54, 1.807) is 24.3 Å². The van der Waals surface area contributed by atoms with Crippen molar-refractivity contribution in [1.29, 1.82) is 0 Å². The van der Waals surface area contributed by atoms with Crippen LogP contribution in [0.4, 0.5) is 0 Å². The molecule has 0 fully saturated rings. The summed E-state index contributed by atoms with van der Waals surface area (Å²) >= 11 is 0. The van der Waals surface area contributed by atoms with Crippen molar-refractivity contribution in [2.24, 2.45) is 11.8 Å². The predicted octanol–water partition coefficient (Wildman–Crippen LogP) is 4.14. The van der Waals surface area contributed by atoms with Crippen LogP contribution in [0, 0.1) is 11.8 Å². The average Bonchev–Trinajstić information content (AvgIpc) is 2.73. The minimum Gasteiger partial charge on any atom is -0.504 e. The van der Waals surface area contributed by atoms with Crippen LogP contribution >= 0.6 is 0 Å². The van der Waals surface area contributed by atoms with E-state index in [4.69, 9.17) is 9.47 Å². The standard InChI is InChI=1S/C24H27NO4/c1-17-7-11-20(12-8-17)29-16-19-5-3-4-6-21(19)25-24(27)14-10-18-9-13-23(28-2)22(26)15-18/h3-7,9-15,17,19,21,26H,8,16H2,1-2H3,(H,25,27)/b14-10+. The second kappa shape index (κ2) is 9.82. The molecule has 2 aliphatic rings. The maximum atomic E-state index is 12.4. The van der Waals surface area contributed by atoms with Crippen LogP contribution in [0.3, 0.4) is 0 Å². The topological polar surface area (TPSA) is 67.8 Å². The number of nitrogens with one attached hydrogen (secondary N) is 1. The third-order valence-corrected chi connectivity index (χ3v) is 4.91. The predicted molar refractivity (Wildman–Crippen MR) is 114 cm³/mol. The molecule has 3 unspecified atom stereocenters. The van der Waals surface area contributed by atoms with Crippen LogP contribution in [0.15, 0.2) is 72.6 Å². The fourth-order valence-corrected chi connectivity index (χ4v) is 3.17. The molecule has 1 amide bonds. The summed E-state index contributed by atoms with van der Waals surface area (Å²) < 4.78 is 10.9. The van der Waals surface area contributed by atoms with Crippen molar-refractivity contribution in [2.75, 3.05) is 13.7 Å². The molecule has 5 heteroatoms. The van der Waals surface area contributed by atoms with Gasteiger partial charge < -0.3 is 19.9 Å². The number of allylic oxidation sites excluding steroid dienone is 5. The number of aromatic hydroxyl groups is 1. The van der Waals surface area contributed by atoms with Gasteiger partial charge >= 0.3 is 0 Å². The Kier molecular flexibility index (Phi) is 6.95. The molecule has 2 N–H and O–H groups in total. The molecule has 0 aliphatic heterocycles. The van der Waals surface area contributed by atoms with Crippen molar-refractivity contribution < 1.29 is 19.4 Å². The SMILES string of the molecule is COc1ccc(/C=C/C(=O)NC2C=CC=CC2COC2=CCC(C)C=C2)cc1O. The van der Waals surface area contributed by atoms with Crippen LogP contribution < -0.4 is 10.1 Å². The number of benzene rings is 1. The molecule has 0 heterocycles. The number of carbonyl (C=O) groups is 1. The minimum atomic E-state index is -0.208.